The van der Waals surface area contributed by atoms with Gasteiger partial charge in [0.05, 0.1) is 0 Å². The monoisotopic (exact) mass is 296 g/mol. The summed E-state index contributed by atoms with van der Waals surface area (Å²) in [5, 5.41) is 6.19. The third-order valence-corrected chi connectivity index (χ3v) is 3.87. The number of aromatic nitrogens is 2. The van der Waals surface area contributed by atoms with Gasteiger partial charge in [0.1, 0.15) is 5.69 Å². The van der Waals surface area contributed by atoms with E-state index in [9.17, 15) is 4.79 Å². The minimum atomic E-state index is -0.180. The second-order valence-electron chi connectivity index (χ2n) is 5.56. The minimum absolute atomic E-state index is 0.180. The second-order valence-corrected chi connectivity index (χ2v) is 5.56. The van der Waals surface area contributed by atoms with Crippen LogP contribution in [0.2, 0.25) is 0 Å². The van der Waals surface area contributed by atoms with Gasteiger partial charge in [-0.25, -0.2) is 9.97 Å². The van der Waals surface area contributed by atoms with E-state index in [-0.39, 0.29) is 5.91 Å². The van der Waals surface area contributed by atoms with Gasteiger partial charge in [-0.05, 0) is 24.5 Å². The van der Waals surface area contributed by atoms with Gasteiger partial charge in [0.25, 0.3) is 5.91 Å². The lowest BCUT2D eigenvalue weighted by atomic mass is 10.2. The lowest BCUT2D eigenvalue weighted by molar-refractivity contribution is 0.0946. The van der Waals surface area contributed by atoms with Crippen LogP contribution in [-0.4, -0.2) is 21.9 Å². The molecule has 0 saturated heterocycles. The molecule has 0 aliphatic heterocycles. The third-order valence-electron chi connectivity index (χ3n) is 3.87. The van der Waals surface area contributed by atoms with Crippen molar-refractivity contribution < 1.29 is 4.79 Å². The molecule has 1 heterocycles. The molecule has 1 aliphatic rings. The van der Waals surface area contributed by atoms with Crippen LogP contribution in [0.15, 0.2) is 42.6 Å². The molecule has 0 unspecified atom stereocenters. The Morgan fingerprint density at radius 3 is 2.68 bits per heavy atom. The van der Waals surface area contributed by atoms with Gasteiger partial charge in [0.15, 0.2) is 0 Å². The maximum atomic E-state index is 12.2. The SMILES string of the molecule is O=C(NCc1ccccc1)c1ccnc(NC2CCCC2)n1. The van der Waals surface area contributed by atoms with Crippen molar-refractivity contribution in [2.24, 2.45) is 0 Å². The minimum Gasteiger partial charge on any atom is -0.351 e. The van der Waals surface area contributed by atoms with E-state index in [1.165, 1.54) is 12.8 Å². The molecule has 1 amide bonds. The number of anilines is 1. The highest BCUT2D eigenvalue weighted by atomic mass is 16.1. The van der Waals surface area contributed by atoms with Crippen molar-refractivity contribution >= 4 is 11.9 Å². The number of hydrogen-bond donors (Lipinski definition) is 2. The average molecular weight is 296 g/mol. The zero-order chi connectivity index (χ0) is 15.2. The Bertz CT molecular complexity index is 624. The van der Waals surface area contributed by atoms with Crippen molar-refractivity contribution in [1.29, 1.82) is 0 Å². The molecule has 1 aromatic heterocycles. The molecule has 0 spiro atoms. The highest BCUT2D eigenvalue weighted by Gasteiger charge is 2.16. The molecule has 114 valence electrons. The molecule has 5 nitrogen and oxygen atoms in total. The maximum absolute atomic E-state index is 12.2. The maximum Gasteiger partial charge on any atom is 0.270 e. The van der Waals surface area contributed by atoms with Crippen LogP contribution < -0.4 is 10.6 Å². The van der Waals surface area contributed by atoms with E-state index in [0.717, 1.165) is 18.4 Å². The van der Waals surface area contributed by atoms with Gasteiger partial charge in [-0.15, -0.1) is 0 Å². The summed E-state index contributed by atoms with van der Waals surface area (Å²) in [5.41, 5.74) is 1.46. The van der Waals surface area contributed by atoms with Crippen molar-refractivity contribution in [3.8, 4) is 0 Å². The fraction of sp³-hybridized carbons (Fsp3) is 0.353. The predicted molar refractivity (Wildman–Crippen MR) is 85.5 cm³/mol. The second kappa shape index (κ2) is 7.02. The summed E-state index contributed by atoms with van der Waals surface area (Å²) in [6, 6.07) is 11.9. The average Bonchev–Trinajstić information content (AvgIpc) is 3.07. The van der Waals surface area contributed by atoms with E-state index in [1.54, 1.807) is 12.3 Å². The first-order chi connectivity index (χ1) is 10.8. The Kier molecular flexibility index (Phi) is 4.63. The smallest absolute Gasteiger partial charge is 0.270 e. The molecule has 0 radical (unpaired) electrons. The van der Waals surface area contributed by atoms with Crippen LogP contribution in [0.5, 0.6) is 0 Å². The lowest BCUT2D eigenvalue weighted by Crippen LogP contribution is -2.25. The highest BCUT2D eigenvalue weighted by Crippen LogP contribution is 2.20. The zero-order valence-corrected chi connectivity index (χ0v) is 12.5. The highest BCUT2D eigenvalue weighted by molar-refractivity contribution is 5.92. The number of rotatable bonds is 5. The Labute approximate surface area is 130 Å². The van der Waals surface area contributed by atoms with Crippen LogP contribution in [0.25, 0.3) is 0 Å². The van der Waals surface area contributed by atoms with E-state index in [2.05, 4.69) is 20.6 Å². The molecule has 1 fully saturated rings. The van der Waals surface area contributed by atoms with Gasteiger partial charge in [0.2, 0.25) is 5.95 Å². The molecule has 1 saturated carbocycles. The van der Waals surface area contributed by atoms with Gasteiger partial charge < -0.3 is 10.6 Å². The number of benzene rings is 1. The van der Waals surface area contributed by atoms with Crippen molar-refractivity contribution in [2.45, 2.75) is 38.3 Å². The first kappa shape index (κ1) is 14.5. The number of nitrogens with one attached hydrogen (secondary N) is 2. The van der Waals surface area contributed by atoms with Gasteiger partial charge in [-0.2, -0.15) is 0 Å². The van der Waals surface area contributed by atoms with E-state index in [4.69, 9.17) is 0 Å². The van der Waals surface area contributed by atoms with Crippen molar-refractivity contribution in [3.05, 3.63) is 53.9 Å². The zero-order valence-electron chi connectivity index (χ0n) is 12.5. The van der Waals surface area contributed by atoms with Gasteiger partial charge in [-0.1, -0.05) is 43.2 Å². The van der Waals surface area contributed by atoms with Crippen molar-refractivity contribution in [3.63, 3.8) is 0 Å². The number of carbonyl (C=O) groups is 1. The third kappa shape index (κ3) is 3.81. The fourth-order valence-corrected chi connectivity index (χ4v) is 2.68. The number of nitrogens with zero attached hydrogens (tertiary/aromatic N) is 2. The molecule has 3 rings (SSSR count). The standard InChI is InChI=1S/C17H20N4O/c22-16(19-12-13-6-2-1-3-7-13)15-10-11-18-17(21-15)20-14-8-4-5-9-14/h1-3,6-7,10-11,14H,4-5,8-9,12H2,(H,19,22)(H,18,20,21). The van der Waals surface area contributed by atoms with Crippen molar-refractivity contribution in [2.75, 3.05) is 5.32 Å². The summed E-state index contributed by atoms with van der Waals surface area (Å²) in [6.07, 6.45) is 6.41. The van der Waals surface area contributed by atoms with E-state index < -0.39 is 0 Å². The van der Waals surface area contributed by atoms with Crippen LogP contribution in [-0.2, 0) is 6.54 Å². The van der Waals surface area contributed by atoms with E-state index >= 15 is 0 Å². The van der Waals surface area contributed by atoms with Crippen LogP contribution >= 0.6 is 0 Å². The summed E-state index contributed by atoms with van der Waals surface area (Å²) < 4.78 is 0. The molecule has 1 aliphatic carbocycles. The molecular formula is C17H20N4O. The normalized spacial score (nSPS) is 14.7. The van der Waals surface area contributed by atoms with Crippen LogP contribution in [0, 0.1) is 0 Å². The predicted octanol–water partition coefficient (Wildman–Crippen LogP) is 2.76. The van der Waals surface area contributed by atoms with Gasteiger partial charge in [0, 0.05) is 18.8 Å². The number of carbonyl (C=O) groups excluding carboxylic acids is 1. The lowest BCUT2D eigenvalue weighted by Gasteiger charge is -2.12. The molecule has 0 bridgehead atoms. The molecular weight excluding hydrogens is 276 g/mol. The summed E-state index contributed by atoms with van der Waals surface area (Å²) >= 11 is 0. The van der Waals surface area contributed by atoms with E-state index in [1.807, 2.05) is 30.3 Å². The molecule has 2 aromatic rings. The molecule has 22 heavy (non-hydrogen) atoms. The fourth-order valence-electron chi connectivity index (χ4n) is 2.68. The quantitative estimate of drug-likeness (QED) is 0.890. The number of hydrogen-bond acceptors (Lipinski definition) is 4. The summed E-state index contributed by atoms with van der Waals surface area (Å²) in [6.45, 7) is 0.495. The Hall–Kier alpha value is -2.43. The molecule has 0 atom stereocenters. The van der Waals surface area contributed by atoms with Crippen LogP contribution in [0.4, 0.5) is 5.95 Å². The molecule has 1 aromatic carbocycles. The van der Waals surface area contributed by atoms with Crippen LogP contribution in [0.1, 0.15) is 41.7 Å². The van der Waals surface area contributed by atoms with Crippen molar-refractivity contribution in [1.82, 2.24) is 15.3 Å². The first-order valence-corrected chi connectivity index (χ1v) is 7.73. The topological polar surface area (TPSA) is 66.9 Å². The summed E-state index contributed by atoms with van der Waals surface area (Å²) in [4.78, 5) is 20.7. The van der Waals surface area contributed by atoms with E-state index in [0.29, 0.717) is 24.2 Å². The van der Waals surface area contributed by atoms with Gasteiger partial charge in [-0.3, -0.25) is 4.79 Å². The molecule has 5 heteroatoms. The Morgan fingerprint density at radius 1 is 1.14 bits per heavy atom. The summed E-state index contributed by atoms with van der Waals surface area (Å²) in [7, 11) is 0. The molecule has 2 N–H and O–H groups in total. The Morgan fingerprint density at radius 2 is 1.91 bits per heavy atom. The Balaban J connectivity index is 1.59. The largest absolute Gasteiger partial charge is 0.351 e. The number of amides is 1. The van der Waals surface area contributed by atoms with Crippen LogP contribution in [0.3, 0.4) is 0 Å². The first-order valence-electron chi connectivity index (χ1n) is 7.73. The summed E-state index contributed by atoms with van der Waals surface area (Å²) in [5.74, 6) is 0.361. The van der Waals surface area contributed by atoms with Gasteiger partial charge >= 0.3 is 0 Å².